The summed E-state index contributed by atoms with van der Waals surface area (Å²) in [4.78, 5) is 17.8. The first-order valence-electron chi connectivity index (χ1n) is 7.63. The molecular formula is C16H20ClN5. The van der Waals surface area contributed by atoms with E-state index in [-0.39, 0.29) is 0 Å². The number of nitrogens with zero attached hydrogens (tertiary/aromatic N) is 5. The third kappa shape index (κ3) is 3.72. The van der Waals surface area contributed by atoms with Crippen LogP contribution in [0.3, 0.4) is 0 Å². The lowest BCUT2D eigenvalue weighted by atomic mass is 10.2. The second-order valence-electron chi connectivity index (χ2n) is 5.46. The summed E-state index contributed by atoms with van der Waals surface area (Å²) in [5.74, 6) is 1.90. The number of rotatable bonds is 4. The number of hydrogen-bond acceptors (Lipinski definition) is 5. The van der Waals surface area contributed by atoms with Crippen molar-refractivity contribution >= 4 is 17.4 Å². The fourth-order valence-electron chi connectivity index (χ4n) is 2.59. The molecule has 116 valence electrons. The molecule has 1 aliphatic heterocycles. The lowest BCUT2D eigenvalue weighted by molar-refractivity contribution is 0.248. The standard InChI is InChI=1S/C16H20ClN5/c1-2-15-18-9-13(10-19-15)12-21-5-7-22(8-6-21)16-4-3-14(17)11-20-16/h3-4,9-11H,2,5-8,12H2,1H3. The highest BCUT2D eigenvalue weighted by Gasteiger charge is 2.18. The average Bonchev–Trinajstić information content (AvgIpc) is 2.57. The van der Waals surface area contributed by atoms with Gasteiger partial charge >= 0.3 is 0 Å². The summed E-state index contributed by atoms with van der Waals surface area (Å²) in [7, 11) is 0. The van der Waals surface area contributed by atoms with E-state index >= 15 is 0 Å². The van der Waals surface area contributed by atoms with Gasteiger partial charge in [0.15, 0.2) is 0 Å². The molecule has 0 atom stereocenters. The largest absolute Gasteiger partial charge is 0.354 e. The first kappa shape index (κ1) is 15.2. The van der Waals surface area contributed by atoms with Crippen LogP contribution >= 0.6 is 11.6 Å². The molecule has 3 heterocycles. The van der Waals surface area contributed by atoms with Crippen molar-refractivity contribution < 1.29 is 0 Å². The summed E-state index contributed by atoms with van der Waals surface area (Å²) in [6, 6.07) is 3.87. The molecule has 2 aromatic heterocycles. The number of anilines is 1. The molecule has 1 fully saturated rings. The SMILES string of the molecule is CCc1ncc(CN2CCN(c3ccc(Cl)cn3)CC2)cn1. The molecule has 5 nitrogen and oxygen atoms in total. The number of aryl methyl sites for hydroxylation is 1. The van der Waals surface area contributed by atoms with Crippen LogP contribution in [-0.4, -0.2) is 46.0 Å². The number of hydrogen-bond donors (Lipinski definition) is 0. The quantitative estimate of drug-likeness (QED) is 0.866. The molecule has 0 aromatic carbocycles. The van der Waals surface area contributed by atoms with Gasteiger partial charge in [-0.25, -0.2) is 15.0 Å². The fraction of sp³-hybridized carbons (Fsp3) is 0.438. The van der Waals surface area contributed by atoms with Crippen molar-refractivity contribution in [2.24, 2.45) is 0 Å². The summed E-state index contributed by atoms with van der Waals surface area (Å²) in [6.07, 6.45) is 6.47. The molecule has 0 spiro atoms. The molecule has 1 aliphatic rings. The maximum atomic E-state index is 5.88. The van der Waals surface area contributed by atoms with Crippen LogP contribution in [0.4, 0.5) is 5.82 Å². The number of halogens is 1. The topological polar surface area (TPSA) is 45.2 Å². The van der Waals surface area contributed by atoms with Crippen molar-refractivity contribution in [1.82, 2.24) is 19.9 Å². The van der Waals surface area contributed by atoms with Gasteiger partial charge in [-0.3, -0.25) is 4.90 Å². The van der Waals surface area contributed by atoms with Gasteiger partial charge < -0.3 is 4.90 Å². The summed E-state index contributed by atoms with van der Waals surface area (Å²) in [5.41, 5.74) is 1.18. The second kappa shape index (κ2) is 7.03. The minimum Gasteiger partial charge on any atom is -0.354 e. The van der Waals surface area contributed by atoms with E-state index in [0.29, 0.717) is 5.02 Å². The lowest BCUT2D eigenvalue weighted by Crippen LogP contribution is -2.46. The maximum Gasteiger partial charge on any atom is 0.128 e. The van der Waals surface area contributed by atoms with Crippen LogP contribution in [0, 0.1) is 0 Å². The molecule has 0 unspecified atom stereocenters. The molecule has 0 N–H and O–H groups in total. The summed E-state index contributed by atoms with van der Waals surface area (Å²) >= 11 is 5.88. The summed E-state index contributed by atoms with van der Waals surface area (Å²) in [6.45, 7) is 6.95. The molecule has 0 bridgehead atoms. The molecule has 2 aromatic rings. The van der Waals surface area contributed by atoms with E-state index in [4.69, 9.17) is 11.6 Å². The van der Waals surface area contributed by atoms with Crippen molar-refractivity contribution in [1.29, 1.82) is 0 Å². The zero-order valence-corrected chi connectivity index (χ0v) is 13.5. The van der Waals surface area contributed by atoms with Gasteiger partial charge in [-0.1, -0.05) is 18.5 Å². The second-order valence-corrected chi connectivity index (χ2v) is 5.90. The van der Waals surface area contributed by atoms with E-state index in [9.17, 15) is 0 Å². The van der Waals surface area contributed by atoms with Gasteiger partial charge in [0.05, 0.1) is 5.02 Å². The van der Waals surface area contributed by atoms with Crippen LogP contribution in [0.15, 0.2) is 30.7 Å². The van der Waals surface area contributed by atoms with E-state index < -0.39 is 0 Å². The monoisotopic (exact) mass is 317 g/mol. The Balaban J connectivity index is 1.53. The predicted octanol–water partition coefficient (Wildman–Crippen LogP) is 2.41. The molecule has 3 rings (SSSR count). The summed E-state index contributed by atoms with van der Waals surface area (Å²) < 4.78 is 0. The molecule has 0 radical (unpaired) electrons. The normalized spacial score (nSPS) is 16.0. The van der Waals surface area contributed by atoms with Crippen molar-refractivity contribution in [3.63, 3.8) is 0 Å². The third-order valence-corrected chi connectivity index (χ3v) is 4.11. The Kier molecular flexibility index (Phi) is 4.85. The molecule has 0 aliphatic carbocycles. The lowest BCUT2D eigenvalue weighted by Gasteiger charge is -2.35. The van der Waals surface area contributed by atoms with Gasteiger partial charge in [0, 0.05) is 63.3 Å². The van der Waals surface area contributed by atoms with Crippen molar-refractivity contribution in [2.45, 2.75) is 19.9 Å². The van der Waals surface area contributed by atoms with Crippen LogP contribution in [0.1, 0.15) is 18.3 Å². The zero-order chi connectivity index (χ0) is 15.4. The Hall–Kier alpha value is -1.72. The maximum absolute atomic E-state index is 5.88. The minimum atomic E-state index is 0.679. The summed E-state index contributed by atoms with van der Waals surface area (Å²) in [5, 5.41) is 0.679. The number of aromatic nitrogens is 3. The Morgan fingerprint density at radius 2 is 1.73 bits per heavy atom. The molecular weight excluding hydrogens is 298 g/mol. The number of pyridine rings is 1. The first-order valence-corrected chi connectivity index (χ1v) is 8.01. The average molecular weight is 318 g/mol. The molecule has 0 amide bonds. The highest BCUT2D eigenvalue weighted by atomic mass is 35.5. The van der Waals surface area contributed by atoms with Gasteiger partial charge in [0.2, 0.25) is 0 Å². The van der Waals surface area contributed by atoms with E-state index in [0.717, 1.165) is 50.8 Å². The van der Waals surface area contributed by atoms with Crippen LogP contribution in [0.5, 0.6) is 0 Å². The molecule has 22 heavy (non-hydrogen) atoms. The molecule has 6 heteroatoms. The van der Waals surface area contributed by atoms with Crippen molar-refractivity contribution in [3.05, 3.63) is 47.1 Å². The van der Waals surface area contributed by atoms with Crippen LogP contribution in [0.25, 0.3) is 0 Å². The molecule has 0 saturated carbocycles. The van der Waals surface area contributed by atoms with Gasteiger partial charge in [-0.2, -0.15) is 0 Å². The van der Waals surface area contributed by atoms with Gasteiger partial charge in [-0.05, 0) is 12.1 Å². The molecule has 1 saturated heterocycles. The van der Waals surface area contributed by atoms with Crippen LogP contribution in [-0.2, 0) is 13.0 Å². The van der Waals surface area contributed by atoms with Crippen molar-refractivity contribution in [3.8, 4) is 0 Å². The Labute approximate surface area is 136 Å². The fourth-order valence-corrected chi connectivity index (χ4v) is 2.71. The minimum absolute atomic E-state index is 0.679. The smallest absolute Gasteiger partial charge is 0.128 e. The predicted molar refractivity (Wildman–Crippen MR) is 88.1 cm³/mol. The van der Waals surface area contributed by atoms with E-state index in [1.807, 2.05) is 24.5 Å². The van der Waals surface area contributed by atoms with Crippen molar-refractivity contribution in [2.75, 3.05) is 31.1 Å². The first-order chi connectivity index (χ1) is 10.7. The van der Waals surface area contributed by atoms with Crippen LogP contribution < -0.4 is 4.90 Å². The highest BCUT2D eigenvalue weighted by Crippen LogP contribution is 2.16. The van der Waals surface area contributed by atoms with E-state index in [1.54, 1.807) is 6.20 Å². The highest BCUT2D eigenvalue weighted by molar-refractivity contribution is 6.30. The Bertz CT molecular complexity index is 591. The third-order valence-electron chi connectivity index (χ3n) is 3.89. The van der Waals surface area contributed by atoms with Gasteiger partial charge in [0.25, 0.3) is 0 Å². The van der Waals surface area contributed by atoms with E-state index in [2.05, 4.69) is 31.7 Å². The van der Waals surface area contributed by atoms with Gasteiger partial charge in [-0.15, -0.1) is 0 Å². The van der Waals surface area contributed by atoms with Gasteiger partial charge in [0.1, 0.15) is 11.6 Å². The van der Waals surface area contributed by atoms with E-state index in [1.165, 1.54) is 5.56 Å². The Morgan fingerprint density at radius 1 is 1.00 bits per heavy atom. The Morgan fingerprint density at radius 3 is 2.32 bits per heavy atom. The zero-order valence-electron chi connectivity index (χ0n) is 12.7. The number of piperazine rings is 1. The van der Waals surface area contributed by atoms with Crippen LogP contribution in [0.2, 0.25) is 5.02 Å².